The van der Waals surface area contributed by atoms with Crippen molar-refractivity contribution in [2.45, 2.75) is 19.5 Å². The lowest BCUT2D eigenvalue weighted by Gasteiger charge is -2.33. The van der Waals surface area contributed by atoms with Gasteiger partial charge in [0.2, 0.25) is 0 Å². The Morgan fingerprint density at radius 3 is 2.62 bits per heavy atom. The van der Waals surface area contributed by atoms with Gasteiger partial charge in [0.15, 0.2) is 0 Å². The molecule has 2 aromatic rings. The van der Waals surface area contributed by atoms with E-state index in [0.29, 0.717) is 0 Å². The van der Waals surface area contributed by atoms with E-state index in [1.54, 1.807) is 6.33 Å². The van der Waals surface area contributed by atoms with Crippen LogP contribution >= 0.6 is 0 Å². The molecule has 0 bridgehead atoms. The Balaban J connectivity index is 1.66. The number of aromatic nitrogens is 3. The van der Waals surface area contributed by atoms with Crippen molar-refractivity contribution >= 4 is 5.82 Å². The summed E-state index contributed by atoms with van der Waals surface area (Å²) in [5.41, 5.74) is 2.12. The lowest BCUT2D eigenvalue weighted by molar-refractivity contribution is 0.245. The molecule has 128 valence electrons. The average Bonchev–Trinajstić information content (AvgIpc) is 2.62. The van der Waals surface area contributed by atoms with Gasteiger partial charge in [0.25, 0.3) is 0 Å². The normalized spacial score (nSPS) is 17.2. The van der Waals surface area contributed by atoms with Crippen LogP contribution in [0.1, 0.15) is 24.4 Å². The van der Waals surface area contributed by atoms with E-state index in [1.165, 1.54) is 0 Å². The van der Waals surface area contributed by atoms with Crippen LogP contribution in [0, 0.1) is 0 Å². The van der Waals surface area contributed by atoms with Crippen molar-refractivity contribution in [3.63, 3.8) is 0 Å². The van der Waals surface area contributed by atoms with Gasteiger partial charge in [-0.25, -0.2) is 9.97 Å². The molecule has 1 aliphatic heterocycles. The van der Waals surface area contributed by atoms with Crippen LogP contribution in [0.2, 0.25) is 0 Å². The molecule has 0 aliphatic carbocycles. The predicted molar refractivity (Wildman–Crippen MR) is 95.9 cm³/mol. The van der Waals surface area contributed by atoms with Gasteiger partial charge in [-0.15, -0.1) is 0 Å². The van der Waals surface area contributed by atoms with Crippen molar-refractivity contribution in [3.05, 3.63) is 48.2 Å². The van der Waals surface area contributed by atoms with Crippen LogP contribution in [0.4, 0.5) is 5.82 Å². The van der Waals surface area contributed by atoms with E-state index >= 15 is 0 Å². The van der Waals surface area contributed by atoms with Crippen LogP contribution < -0.4 is 4.90 Å². The molecule has 1 saturated heterocycles. The molecule has 3 rings (SSSR count). The first-order chi connectivity index (χ1) is 11.6. The van der Waals surface area contributed by atoms with E-state index in [-0.39, 0.29) is 6.04 Å². The number of nitrogens with zero attached hydrogens (tertiary/aromatic N) is 6. The Kier molecular flexibility index (Phi) is 5.37. The molecule has 1 fully saturated rings. The van der Waals surface area contributed by atoms with Crippen LogP contribution in [0.5, 0.6) is 0 Å². The summed E-state index contributed by atoms with van der Waals surface area (Å²) in [5.74, 6) is 1.03. The largest absolute Gasteiger partial charge is 0.354 e. The van der Waals surface area contributed by atoms with Crippen LogP contribution in [0.25, 0.3) is 0 Å². The fourth-order valence-corrected chi connectivity index (χ4v) is 2.92. The quantitative estimate of drug-likeness (QED) is 0.835. The number of likely N-dealkylation sites (N-methyl/N-ethyl adjacent to an activating group) is 1. The van der Waals surface area contributed by atoms with Gasteiger partial charge >= 0.3 is 0 Å². The monoisotopic (exact) mass is 326 g/mol. The van der Waals surface area contributed by atoms with Crippen molar-refractivity contribution in [1.82, 2.24) is 24.8 Å². The Morgan fingerprint density at radius 2 is 1.92 bits per heavy atom. The van der Waals surface area contributed by atoms with Crippen molar-refractivity contribution in [2.24, 2.45) is 0 Å². The summed E-state index contributed by atoms with van der Waals surface area (Å²) < 4.78 is 0. The first-order valence-electron chi connectivity index (χ1n) is 8.49. The fourth-order valence-electron chi connectivity index (χ4n) is 2.92. The SMILES string of the molecule is CC(c1ccccn1)N(C)Cc1cc(N2CCN(C)CC2)ncn1. The maximum Gasteiger partial charge on any atom is 0.132 e. The van der Waals surface area contributed by atoms with Gasteiger partial charge in [0, 0.05) is 51.0 Å². The van der Waals surface area contributed by atoms with Gasteiger partial charge in [0.05, 0.1) is 11.4 Å². The molecule has 1 unspecified atom stereocenters. The highest BCUT2D eigenvalue weighted by Gasteiger charge is 2.17. The smallest absolute Gasteiger partial charge is 0.132 e. The molecule has 0 radical (unpaired) electrons. The summed E-state index contributed by atoms with van der Waals surface area (Å²) in [7, 11) is 4.27. The molecule has 0 aromatic carbocycles. The minimum atomic E-state index is 0.244. The van der Waals surface area contributed by atoms with Crippen molar-refractivity contribution in [1.29, 1.82) is 0 Å². The zero-order valence-electron chi connectivity index (χ0n) is 14.8. The van der Waals surface area contributed by atoms with Crippen molar-refractivity contribution in [3.8, 4) is 0 Å². The molecular weight excluding hydrogens is 300 g/mol. The minimum Gasteiger partial charge on any atom is -0.354 e. The van der Waals surface area contributed by atoms with Crippen LogP contribution in [-0.4, -0.2) is 65.0 Å². The highest BCUT2D eigenvalue weighted by molar-refractivity contribution is 5.39. The standard InChI is InChI=1S/C18H26N6/c1-15(17-6-4-5-7-19-17)23(3)13-16-12-18(21-14-20-16)24-10-8-22(2)9-11-24/h4-7,12,14-15H,8-11,13H2,1-3H3. The van der Waals surface area contributed by atoms with E-state index in [4.69, 9.17) is 0 Å². The molecule has 24 heavy (non-hydrogen) atoms. The van der Waals surface area contributed by atoms with E-state index < -0.39 is 0 Å². The summed E-state index contributed by atoms with van der Waals surface area (Å²) in [6.07, 6.45) is 3.53. The van der Waals surface area contributed by atoms with E-state index in [9.17, 15) is 0 Å². The maximum absolute atomic E-state index is 4.46. The second-order valence-corrected chi connectivity index (χ2v) is 6.50. The van der Waals surface area contributed by atoms with E-state index in [2.05, 4.69) is 62.8 Å². The molecule has 2 aromatic heterocycles. The van der Waals surface area contributed by atoms with Gasteiger partial charge in [-0.05, 0) is 33.2 Å². The van der Waals surface area contributed by atoms with Crippen LogP contribution in [-0.2, 0) is 6.54 Å². The molecular formula is C18H26N6. The van der Waals surface area contributed by atoms with Crippen molar-refractivity contribution < 1.29 is 0 Å². The molecule has 3 heterocycles. The number of pyridine rings is 1. The summed E-state index contributed by atoms with van der Waals surface area (Å²) >= 11 is 0. The summed E-state index contributed by atoms with van der Waals surface area (Å²) in [4.78, 5) is 20.3. The number of rotatable bonds is 5. The number of hydrogen-bond donors (Lipinski definition) is 0. The third-order valence-corrected chi connectivity index (χ3v) is 4.72. The van der Waals surface area contributed by atoms with Crippen LogP contribution in [0.3, 0.4) is 0 Å². The molecule has 0 N–H and O–H groups in total. The zero-order valence-corrected chi connectivity index (χ0v) is 14.8. The number of anilines is 1. The second-order valence-electron chi connectivity index (χ2n) is 6.50. The summed E-state index contributed by atoms with van der Waals surface area (Å²) in [5, 5.41) is 0. The average molecular weight is 326 g/mol. The predicted octanol–water partition coefficient (Wildman–Crippen LogP) is 1.82. The molecule has 0 amide bonds. The summed E-state index contributed by atoms with van der Waals surface area (Å²) in [6, 6.07) is 8.41. The van der Waals surface area contributed by atoms with Crippen LogP contribution in [0.15, 0.2) is 36.8 Å². The summed E-state index contributed by atoms with van der Waals surface area (Å²) in [6.45, 7) is 7.15. The minimum absolute atomic E-state index is 0.244. The Morgan fingerprint density at radius 1 is 1.12 bits per heavy atom. The highest BCUT2D eigenvalue weighted by Crippen LogP contribution is 2.19. The lowest BCUT2D eigenvalue weighted by atomic mass is 10.2. The molecule has 0 spiro atoms. The van der Waals surface area contributed by atoms with Gasteiger partial charge in [-0.3, -0.25) is 9.88 Å². The molecule has 1 atom stereocenters. The third-order valence-electron chi connectivity index (χ3n) is 4.72. The highest BCUT2D eigenvalue weighted by atomic mass is 15.3. The Bertz CT molecular complexity index is 639. The van der Waals surface area contributed by atoms with E-state index in [0.717, 1.165) is 49.9 Å². The fraction of sp³-hybridized carbons (Fsp3) is 0.500. The number of piperazine rings is 1. The lowest BCUT2D eigenvalue weighted by Crippen LogP contribution is -2.44. The number of hydrogen-bond acceptors (Lipinski definition) is 6. The first-order valence-corrected chi connectivity index (χ1v) is 8.49. The molecule has 6 nitrogen and oxygen atoms in total. The third kappa shape index (κ3) is 4.07. The zero-order chi connectivity index (χ0) is 16.9. The Labute approximate surface area is 144 Å². The first kappa shape index (κ1) is 16.8. The van der Waals surface area contributed by atoms with Gasteiger partial charge in [-0.2, -0.15) is 0 Å². The van der Waals surface area contributed by atoms with Crippen molar-refractivity contribution in [2.75, 3.05) is 45.2 Å². The maximum atomic E-state index is 4.46. The van der Waals surface area contributed by atoms with Gasteiger partial charge in [-0.1, -0.05) is 6.07 Å². The Hall–Kier alpha value is -2.05. The molecule has 1 aliphatic rings. The molecule has 6 heteroatoms. The second kappa shape index (κ2) is 7.68. The van der Waals surface area contributed by atoms with Gasteiger partial charge < -0.3 is 9.80 Å². The molecule has 0 saturated carbocycles. The van der Waals surface area contributed by atoms with E-state index in [1.807, 2.05) is 18.3 Å². The van der Waals surface area contributed by atoms with Gasteiger partial charge in [0.1, 0.15) is 12.1 Å². The topological polar surface area (TPSA) is 48.4 Å².